The van der Waals surface area contributed by atoms with Crippen LogP contribution in [0.3, 0.4) is 0 Å². The molecule has 0 unspecified atom stereocenters. The first-order chi connectivity index (χ1) is 12.0. The highest BCUT2D eigenvalue weighted by Gasteiger charge is 2.14. The summed E-state index contributed by atoms with van der Waals surface area (Å²) in [4.78, 5) is 22.8. The molecular weight excluding hydrogens is 332 g/mol. The lowest BCUT2D eigenvalue weighted by Crippen LogP contribution is -2.36. The van der Waals surface area contributed by atoms with Crippen molar-refractivity contribution in [2.24, 2.45) is 0 Å². The van der Waals surface area contributed by atoms with Gasteiger partial charge in [-0.2, -0.15) is 0 Å². The first-order valence-electron chi connectivity index (χ1n) is 8.28. The number of thiazole rings is 1. The van der Waals surface area contributed by atoms with Crippen LogP contribution < -0.4 is 10.2 Å². The Bertz CT molecular complexity index is 837. The number of aryl methyl sites for hydroxylation is 2. The molecule has 1 N–H and O–H groups in total. The molecule has 130 valence electrons. The summed E-state index contributed by atoms with van der Waals surface area (Å²) in [6.45, 7) is 5.08. The van der Waals surface area contributed by atoms with E-state index in [1.54, 1.807) is 23.7 Å². The van der Waals surface area contributed by atoms with Gasteiger partial charge in [0.25, 0.3) is 0 Å². The van der Waals surface area contributed by atoms with Crippen LogP contribution in [0.2, 0.25) is 0 Å². The predicted octanol–water partition coefficient (Wildman–Crippen LogP) is 3.10. The van der Waals surface area contributed by atoms with Gasteiger partial charge in [0.1, 0.15) is 0 Å². The average molecular weight is 354 g/mol. The number of fused-ring (bicyclic) bond motifs is 1. The number of anilines is 1. The Balaban J connectivity index is 1.58. The molecule has 25 heavy (non-hydrogen) atoms. The number of nitrogens with one attached hydrogen (secondary N) is 1. The summed E-state index contributed by atoms with van der Waals surface area (Å²) < 4.78 is 1.19. The maximum Gasteiger partial charge on any atom is 0.239 e. The van der Waals surface area contributed by atoms with Crippen LogP contribution in [-0.2, 0) is 11.2 Å². The van der Waals surface area contributed by atoms with Crippen molar-refractivity contribution in [1.82, 2.24) is 15.3 Å². The molecule has 0 saturated carbocycles. The molecule has 0 radical (unpaired) electrons. The van der Waals surface area contributed by atoms with Crippen LogP contribution in [0.25, 0.3) is 10.2 Å². The van der Waals surface area contributed by atoms with Gasteiger partial charge in [-0.25, -0.2) is 4.98 Å². The zero-order chi connectivity index (χ0) is 17.8. The fourth-order valence-corrected chi connectivity index (χ4v) is 3.72. The smallest absolute Gasteiger partial charge is 0.239 e. The molecule has 0 saturated heterocycles. The van der Waals surface area contributed by atoms with Gasteiger partial charge in [-0.15, -0.1) is 0 Å². The predicted molar refractivity (Wildman–Crippen MR) is 103 cm³/mol. The SMILES string of the molecule is Cc1ccc(C)c2sc(N(C)CC(=O)NCCc3ccncc3)nc12. The van der Waals surface area contributed by atoms with E-state index >= 15 is 0 Å². The summed E-state index contributed by atoms with van der Waals surface area (Å²) in [6, 6.07) is 8.13. The number of hydrogen-bond donors (Lipinski definition) is 1. The molecule has 0 bridgehead atoms. The Hall–Kier alpha value is -2.47. The molecule has 0 aliphatic rings. The molecule has 1 amide bonds. The molecule has 0 fully saturated rings. The van der Waals surface area contributed by atoms with Gasteiger partial charge < -0.3 is 10.2 Å². The Morgan fingerprint density at radius 2 is 1.88 bits per heavy atom. The molecular formula is C19H22N4OS. The zero-order valence-electron chi connectivity index (χ0n) is 14.7. The number of likely N-dealkylation sites (N-methyl/N-ethyl adjacent to an activating group) is 1. The standard InChI is InChI=1S/C19H22N4OS/c1-13-4-5-14(2)18-17(13)22-19(25-18)23(3)12-16(24)21-11-8-15-6-9-20-10-7-15/h4-7,9-10H,8,11-12H2,1-3H3,(H,21,24). The van der Waals surface area contributed by atoms with Gasteiger partial charge in [-0.05, 0) is 49.1 Å². The molecule has 0 atom stereocenters. The highest BCUT2D eigenvalue weighted by Crippen LogP contribution is 2.32. The van der Waals surface area contributed by atoms with E-state index in [-0.39, 0.29) is 5.91 Å². The van der Waals surface area contributed by atoms with Crippen molar-refractivity contribution < 1.29 is 4.79 Å². The van der Waals surface area contributed by atoms with E-state index in [1.165, 1.54) is 21.4 Å². The van der Waals surface area contributed by atoms with E-state index in [0.29, 0.717) is 13.1 Å². The van der Waals surface area contributed by atoms with Crippen molar-refractivity contribution in [2.75, 3.05) is 25.0 Å². The Morgan fingerprint density at radius 1 is 1.16 bits per heavy atom. The van der Waals surface area contributed by atoms with Gasteiger partial charge >= 0.3 is 0 Å². The maximum absolute atomic E-state index is 12.2. The van der Waals surface area contributed by atoms with Crippen molar-refractivity contribution in [3.63, 3.8) is 0 Å². The third kappa shape index (κ3) is 4.14. The first kappa shape index (κ1) is 17.4. The van der Waals surface area contributed by atoms with Crippen LogP contribution in [0.15, 0.2) is 36.7 Å². The van der Waals surface area contributed by atoms with E-state index < -0.39 is 0 Å². The highest BCUT2D eigenvalue weighted by atomic mass is 32.1. The number of rotatable bonds is 6. The summed E-state index contributed by atoms with van der Waals surface area (Å²) >= 11 is 1.64. The third-order valence-electron chi connectivity index (χ3n) is 4.12. The van der Waals surface area contributed by atoms with Crippen molar-refractivity contribution in [3.8, 4) is 0 Å². The lowest BCUT2D eigenvalue weighted by molar-refractivity contribution is -0.119. The van der Waals surface area contributed by atoms with Crippen molar-refractivity contribution >= 4 is 32.6 Å². The number of carbonyl (C=O) groups excluding carboxylic acids is 1. The number of amides is 1. The van der Waals surface area contributed by atoms with Gasteiger partial charge in [-0.1, -0.05) is 23.5 Å². The van der Waals surface area contributed by atoms with Gasteiger partial charge in [-0.3, -0.25) is 9.78 Å². The van der Waals surface area contributed by atoms with Crippen LogP contribution in [0.5, 0.6) is 0 Å². The number of aromatic nitrogens is 2. The number of carbonyl (C=O) groups is 1. The van der Waals surface area contributed by atoms with Gasteiger partial charge in [0.15, 0.2) is 5.13 Å². The number of nitrogens with zero attached hydrogens (tertiary/aromatic N) is 3. The number of hydrogen-bond acceptors (Lipinski definition) is 5. The van der Waals surface area contributed by atoms with E-state index in [1.807, 2.05) is 24.1 Å². The minimum atomic E-state index is 0.00394. The number of benzene rings is 1. The first-order valence-corrected chi connectivity index (χ1v) is 9.09. The lowest BCUT2D eigenvalue weighted by Gasteiger charge is -2.15. The van der Waals surface area contributed by atoms with Gasteiger partial charge in [0.05, 0.1) is 16.8 Å². The van der Waals surface area contributed by atoms with Gasteiger partial charge in [0.2, 0.25) is 5.91 Å². The maximum atomic E-state index is 12.2. The van der Waals surface area contributed by atoms with E-state index in [4.69, 9.17) is 4.98 Å². The summed E-state index contributed by atoms with van der Waals surface area (Å²) in [7, 11) is 1.91. The van der Waals surface area contributed by atoms with Crippen LogP contribution >= 0.6 is 11.3 Å². The molecule has 2 heterocycles. The molecule has 3 aromatic rings. The quantitative estimate of drug-likeness (QED) is 0.739. The molecule has 3 rings (SSSR count). The summed E-state index contributed by atoms with van der Waals surface area (Å²) in [5, 5.41) is 3.84. The van der Waals surface area contributed by atoms with Gasteiger partial charge in [0, 0.05) is 26.0 Å². The summed E-state index contributed by atoms with van der Waals surface area (Å²) in [5.74, 6) is 0.00394. The van der Waals surface area contributed by atoms with Crippen molar-refractivity contribution in [2.45, 2.75) is 20.3 Å². The normalized spacial score (nSPS) is 10.8. The second-order valence-electron chi connectivity index (χ2n) is 6.19. The molecule has 0 aliphatic heterocycles. The van der Waals surface area contributed by atoms with Crippen LogP contribution in [0, 0.1) is 13.8 Å². The van der Waals surface area contributed by atoms with Crippen LogP contribution in [-0.4, -0.2) is 36.0 Å². The topological polar surface area (TPSA) is 58.1 Å². The molecule has 1 aromatic carbocycles. The number of pyridine rings is 1. The monoisotopic (exact) mass is 354 g/mol. The average Bonchev–Trinajstić information content (AvgIpc) is 3.06. The second-order valence-corrected chi connectivity index (χ2v) is 7.16. The minimum Gasteiger partial charge on any atom is -0.354 e. The molecule has 6 heteroatoms. The largest absolute Gasteiger partial charge is 0.354 e. The second kappa shape index (κ2) is 7.61. The van der Waals surface area contributed by atoms with Crippen molar-refractivity contribution in [3.05, 3.63) is 53.3 Å². The fraction of sp³-hybridized carbons (Fsp3) is 0.316. The molecule has 0 spiro atoms. The van der Waals surface area contributed by atoms with Crippen LogP contribution in [0.1, 0.15) is 16.7 Å². The Labute approximate surface area is 151 Å². The lowest BCUT2D eigenvalue weighted by atomic mass is 10.1. The molecule has 5 nitrogen and oxygen atoms in total. The highest BCUT2D eigenvalue weighted by molar-refractivity contribution is 7.22. The summed E-state index contributed by atoms with van der Waals surface area (Å²) in [6.07, 6.45) is 4.33. The third-order valence-corrected chi connectivity index (χ3v) is 5.43. The zero-order valence-corrected chi connectivity index (χ0v) is 15.6. The minimum absolute atomic E-state index is 0.00394. The van der Waals surface area contributed by atoms with Crippen molar-refractivity contribution in [1.29, 1.82) is 0 Å². The molecule has 0 aliphatic carbocycles. The van der Waals surface area contributed by atoms with E-state index in [0.717, 1.165) is 17.1 Å². The Morgan fingerprint density at radius 3 is 2.60 bits per heavy atom. The van der Waals surface area contributed by atoms with E-state index in [2.05, 4.69) is 36.3 Å². The summed E-state index contributed by atoms with van der Waals surface area (Å²) in [5.41, 5.74) is 4.59. The Kier molecular flexibility index (Phi) is 5.28. The fourth-order valence-electron chi connectivity index (χ4n) is 2.65. The van der Waals surface area contributed by atoms with E-state index in [9.17, 15) is 4.79 Å². The van der Waals surface area contributed by atoms with Crippen LogP contribution in [0.4, 0.5) is 5.13 Å². The molecule has 2 aromatic heterocycles.